The Balaban J connectivity index is 1.91. The van der Waals surface area contributed by atoms with Crippen molar-refractivity contribution in [1.82, 2.24) is 14.9 Å². The predicted molar refractivity (Wildman–Crippen MR) is 86.1 cm³/mol. The van der Waals surface area contributed by atoms with Gasteiger partial charge in [0, 0.05) is 19.0 Å². The lowest BCUT2D eigenvalue weighted by Crippen LogP contribution is -2.53. The third kappa shape index (κ3) is 5.01. The number of nitrogens with one attached hydrogen (secondary N) is 1. The minimum Gasteiger partial charge on any atom is -0.444 e. The number of amides is 1. The number of halogens is 2. The van der Waals surface area contributed by atoms with Crippen LogP contribution in [0.25, 0.3) is 0 Å². The first-order chi connectivity index (χ1) is 11.1. The summed E-state index contributed by atoms with van der Waals surface area (Å²) in [4.78, 5) is 21.2. The van der Waals surface area contributed by atoms with Crippen LogP contribution in [0.15, 0.2) is 12.4 Å². The van der Waals surface area contributed by atoms with Gasteiger partial charge in [-0.2, -0.15) is 0 Å². The van der Waals surface area contributed by atoms with Gasteiger partial charge in [-0.25, -0.2) is 18.6 Å². The van der Waals surface area contributed by atoms with Gasteiger partial charge in [-0.05, 0) is 34.1 Å². The lowest BCUT2D eigenvalue weighted by Gasteiger charge is -2.38. The van der Waals surface area contributed by atoms with Crippen molar-refractivity contribution in [1.29, 1.82) is 0 Å². The molecule has 1 amide bonds. The standard InChI is InChI=1S/C16H24F2N4O2/c1-11-7-20-13(9-19-11)21-8-12-5-6-22(10-16(12,17)18)14(23)24-15(2,3)4/h7,9,12H,5-6,8,10H2,1-4H3,(H,20,21). The van der Waals surface area contributed by atoms with E-state index >= 15 is 0 Å². The molecule has 1 aromatic rings. The van der Waals surface area contributed by atoms with E-state index in [1.54, 1.807) is 33.9 Å². The van der Waals surface area contributed by atoms with E-state index in [2.05, 4.69) is 15.3 Å². The third-order valence-electron chi connectivity index (χ3n) is 3.71. The fourth-order valence-corrected chi connectivity index (χ4v) is 2.43. The minimum absolute atomic E-state index is 0.0763. The number of hydrogen-bond acceptors (Lipinski definition) is 5. The van der Waals surface area contributed by atoms with Gasteiger partial charge in [0.1, 0.15) is 11.4 Å². The molecule has 0 bridgehead atoms. The summed E-state index contributed by atoms with van der Waals surface area (Å²) in [6, 6.07) is 0. The molecule has 6 nitrogen and oxygen atoms in total. The zero-order chi connectivity index (χ0) is 18.0. The molecule has 0 radical (unpaired) electrons. The highest BCUT2D eigenvalue weighted by atomic mass is 19.3. The van der Waals surface area contributed by atoms with Crippen LogP contribution in [0.3, 0.4) is 0 Å². The Hall–Kier alpha value is -1.99. The summed E-state index contributed by atoms with van der Waals surface area (Å²) in [5.74, 6) is -3.40. The quantitative estimate of drug-likeness (QED) is 0.914. The molecule has 0 spiro atoms. The zero-order valence-corrected chi connectivity index (χ0v) is 14.5. The van der Waals surface area contributed by atoms with E-state index in [0.29, 0.717) is 5.82 Å². The van der Waals surface area contributed by atoms with Crippen LogP contribution in [0.4, 0.5) is 19.4 Å². The second-order valence-electron chi connectivity index (χ2n) is 7.07. The normalized spacial score (nSPS) is 20.6. The SMILES string of the molecule is Cc1cnc(NCC2CCN(C(=O)OC(C)(C)C)CC2(F)F)cn1. The fraction of sp³-hybridized carbons (Fsp3) is 0.688. The first-order valence-electron chi connectivity index (χ1n) is 7.95. The first kappa shape index (κ1) is 18.4. The smallest absolute Gasteiger partial charge is 0.410 e. The molecule has 8 heteroatoms. The molecule has 1 fully saturated rings. The van der Waals surface area contributed by atoms with Gasteiger partial charge in [-0.3, -0.25) is 4.98 Å². The number of alkyl halides is 2. The Morgan fingerprint density at radius 2 is 2.12 bits per heavy atom. The number of carbonyl (C=O) groups excluding carboxylic acids is 1. The van der Waals surface area contributed by atoms with Crippen molar-refractivity contribution in [2.24, 2.45) is 5.92 Å². The van der Waals surface area contributed by atoms with E-state index in [9.17, 15) is 13.6 Å². The average Bonchev–Trinajstić information content (AvgIpc) is 2.45. The highest BCUT2D eigenvalue weighted by Gasteiger charge is 2.46. The summed E-state index contributed by atoms with van der Waals surface area (Å²) in [6.45, 7) is 6.63. The highest BCUT2D eigenvalue weighted by molar-refractivity contribution is 5.68. The van der Waals surface area contributed by atoms with Crippen molar-refractivity contribution in [3.63, 3.8) is 0 Å². The Labute approximate surface area is 140 Å². The predicted octanol–water partition coefficient (Wildman–Crippen LogP) is 3.09. The van der Waals surface area contributed by atoms with Crippen LogP contribution in [0, 0.1) is 12.8 Å². The molecule has 0 saturated carbocycles. The molecule has 1 aliphatic rings. The number of rotatable bonds is 3. The van der Waals surface area contributed by atoms with Crippen LogP contribution < -0.4 is 5.32 Å². The monoisotopic (exact) mass is 342 g/mol. The molecule has 1 unspecified atom stereocenters. The molecule has 0 aromatic carbocycles. The molecular formula is C16H24F2N4O2. The number of carbonyl (C=O) groups is 1. The number of aromatic nitrogens is 2. The molecule has 1 saturated heterocycles. The van der Waals surface area contributed by atoms with Crippen LogP contribution in [0.2, 0.25) is 0 Å². The van der Waals surface area contributed by atoms with E-state index in [-0.39, 0.29) is 19.5 Å². The Kier molecular flexibility index (Phi) is 5.25. The van der Waals surface area contributed by atoms with Gasteiger partial charge in [-0.1, -0.05) is 0 Å². The largest absolute Gasteiger partial charge is 0.444 e. The van der Waals surface area contributed by atoms with Crippen LogP contribution in [0.5, 0.6) is 0 Å². The highest BCUT2D eigenvalue weighted by Crippen LogP contribution is 2.33. The number of likely N-dealkylation sites (tertiary alicyclic amines) is 1. The summed E-state index contributed by atoms with van der Waals surface area (Å²) in [6.07, 6.45) is 2.59. The molecule has 134 valence electrons. The topological polar surface area (TPSA) is 67.4 Å². The maximum Gasteiger partial charge on any atom is 0.410 e. The zero-order valence-electron chi connectivity index (χ0n) is 14.5. The number of hydrogen-bond donors (Lipinski definition) is 1. The van der Waals surface area contributed by atoms with Gasteiger partial charge >= 0.3 is 6.09 Å². The number of ether oxygens (including phenoxy) is 1. The van der Waals surface area contributed by atoms with Crippen molar-refractivity contribution in [2.45, 2.75) is 45.6 Å². The molecule has 0 aliphatic carbocycles. The van der Waals surface area contributed by atoms with E-state index in [1.807, 2.05) is 0 Å². The van der Waals surface area contributed by atoms with E-state index < -0.39 is 30.1 Å². The van der Waals surface area contributed by atoms with Crippen molar-refractivity contribution >= 4 is 11.9 Å². The maximum absolute atomic E-state index is 14.4. The second-order valence-corrected chi connectivity index (χ2v) is 7.07. The van der Waals surface area contributed by atoms with Crippen molar-refractivity contribution in [3.8, 4) is 0 Å². The maximum atomic E-state index is 14.4. The summed E-state index contributed by atoms with van der Waals surface area (Å²) < 4.78 is 33.9. The fourth-order valence-electron chi connectivity index (χ4n) is 2.43. The van der Waals surface area contributed by atoms with Crippen LogP contribution in [0.1, 0.15) is 32.9 Å². The summed E-state index contributed by atoms with van der Waals surface area (Å²) in [5, 5.41) is 2.89. The van der Waals surface area contributed by atoms with Gasteiger partial charge in [0.2, 0.25) is 0 Å². The van der Waals surface area contributed by atoms with Gasteiger partial charge in [0.25, 0.3) is 5.92 Å². The molecule has 1 aromatic heterocycles. The second kappa shape index (κ2) is 6.86. The van der Waals surface area contributed by atoms with Gasteiger partial charge in [-0.15, -0.1) is 0 Å². The summed E-state index contributed by atoms with van der Waals surface area (Å²) in [7, 11) is 0. The summed E-state index contributed by atoms with van der Waals surface area (Å²) in [5.41, 5.74) is 0.0612. The third-order valence-corrected chi connectivity index (χ3v) is 3.71. The Morgan fingerprint density at radius 1 is 1.42 bits per heavy atom. The number of piperidine rings is 1. The van der Waals surface area contributed by atoms with Crippen LogP contribution in [-0.2, 0) is 4.74 Å². The summed E-state index contributed by atoms with van der Waals surface area (Å²) >= 11 is 0. The molecule has 1 N–H and O–H groups in total. The number of aryl methyl sites for hydroxylation is 1. The molecular weight excluding hydrogens is 318 g/mol. The van der Waals surface area contributed by atoms with E-state index in [4.69, 9.17) is 4.74 Å². The molecule has 24 heavy (non-hydrogen) atoms. The van der Waals surface area contributed by atoms with Crippen LogP contribution in [-0.4, -0.2) is 52.1 Å². The lowest BCUT2D eigenvalue weighted by molar-refractivity contribution is -0.106. The molecule has 2 heterocycles. The van der Waals surface area contributed by atoms with E-state index in [0.717, 1.165) is 10.6 Å². The molecule has 1 aliphatic heterocycles. The molecule has 2 rings (SSSR count). The Bertz CT molecular complexity index is 572. The van der Waals surface area contributed by atoms with Crippen molar-refractivity contribution in [3.05, 3.63) is 18.1 Å². The van der Waals surface area contributed by atoms with Crippen molar-refractivity contribution in [2.75, 3.05) is 25.0 Å². The average molecular weight is 342 g/mol. The van der Waals surface area contributed by atoms with Gasteiger partial charge < -0.3 is 15.0 Å². The minimum atomic E-state index is -2.99. The Morgan fingerprint density at radius 3 is 2.67 bits per heavy atom. The number of anilines is 1. The number of nitrogens with zero attached hydrogens (tertiary/aromatic N) is 3. The first-order valence-corrected chi connectivity index (χ1v) is 7.95. The van der Waals surface area contributed by atoms with Gasteiger partial charge in [0.15, 0.2) is 0 Å². The molecule has 1 atom stereocenters. The van der Waals surface area contributed by atoms with Crippen molar-refractivity contribution < 1.29 is 18.3 Å². The van der Waals surface area contributed by atoms with E-state index in [1.165, 1.54) is 6.20 Å². The lowest BCUT2D eigenvalue weighted by atomic mass is 9.93. The van der Waals surface area contributed by atoms with Crippen LogP contribution >= 0.6 is 0 Å². The van der Waals surface area contributed by atoms with Gasteiger partial charge in [0.05, 0.1) is 24.6 Å².